The van der Waals surface area contributed by atoms with Gasteiger partial charge in [0.15, 0.2) is 5.17 Å². The Morgan fingerprint density at radius 1 is 1.24 bits per heavy atom. The Bertz CT molecular complexity index is 483. The van der Waals surface area contributed by atoms with Crippen molar-refractivity contribution in [2.45, 2.75) is 58.8 Å². The smallest absolute Gasteiger partial charge is 0.157 e. The molecule has 0 radical (unpaired) electrons. The van der Waals surface area contributed by atoms with Gasteiger partial charge in [-0.15, -0.1) is 0 Å². The highest BCUT2D eigenvalue weighted by molar-refractivity contribution is 8.14. The molecule has 2 nitrogen and oxygen atoms in total. The summed E-state index contributed by atoms with van der Waals surface area (Å²) in [5, 5.41) is 5.22. The third kappa shape index (κ3) is 5.39. The molecule has 0 fully saturated rings. The van der Waals surface area contributed by atoms with Crippen LogP contribution in [0.25, 0.3) is 0 Å². The van der Waals surface area contributed by atoms with Crippen LogP contribution in [0.1, 0.15) is 58.1 Å². The summed E-state index contributed by atoms with van der Waals surface area (Å²) in [5.41, 5.74) is 3.11. The highest BCUT2D eigenvalue weighted by Crippen LogP contribution is 2.31. The minimum absolute atomic E-state index is 0.384. The van der Waals surface area contributed by atoms with Crippen LogP contribution in [0.15, 0.2) is 29.3 Å². The summed E-state index contributed by atoms with van der Waals surface area (Å²) in [6, 6.07) is 8.89. The Morgan fingerprint density at radius 2 is 1.90 bits per heavy atom. The van der Waals surface area contributed by atoms with E-state index in [0.717, 1.165) is 18.3 Å². The predicted molar refractivity (Wildman–Crippen MR) is 95.1 cm³/mol. The number of benzene rings is 1. The molecule has 3 heteroatoms. The molecule has 1 atom stereocenters. The van der Waals surface area contributed by atoms with Crippen molar-refractivity contribution in [1.82, 2.24) is 5.32 Å². The Balaban J connectivity index is 1.79. The van der Waals surface area contributed by atoms with Crippen molar-refractivity contribution in [1.29, 1.82) is 0 Å². The minimum atomic E-state index is 0.384. The van der Waals surface area contributed by atoms with Gasteiger partial charge in [-0.1, -0.05) is 70.6 Å². The van der Waals surface area contributed by atoms with E-state index in [1.165, 1.54) is 17.5 Å². The number of aliphatic imine (C=N–C) groups is 1. The van der Waals surface area contributed by atoms with Crippen molar-refractivity contribution in [2.24, 2.45) is 10.4 Å². The lowest BCUT2D eigenvalue weighted by Gasteiger charge is -2.21. The van der Waals surface area contributed by atoms with Crippen LogP contribution in [0, 0.1) is 5.41 Å². The molecule has 1 N–H and O–H groups in total. The first-order valence-corrected chi connectivity index (χ1v) is 8.75. The fourth-order valence-corrected chi connectivity index (χ4v) is 3.85. The zero-order valence-electron chi connectivity index (χ0n) is 13.9. The van der Waals surface area contributed by atoms with Crippen molar-refractivity contribution < 1.29 is 0 Å². The first kappa shape index (κ1) is 16.4. The summed E-state index contributed by atoms with van der Waals surface area (Å²) in [7, 11) is 0. The van der Waals surface area contributed by atoms with Crippen LogP contribution in [0.2, 0.25) is 0 Å². The molecule has 1 aromatic rings. The number of hydrogen-bond acceptors (Lipinski definition) is 3. The molecule has 21 heavy (non-hydrogen) atoms. The van der Waals surface area contributed by atoms with Crippen LogP contribution in [0.4, 0.5) is 0 Å². The Hall–Kier alpha value is -0.960. The van der Waals surface area contributed by atoms with Crippen molar-refractivity contribution in [3.8, 4) is 0 Å². The molecule has 0 aromatic heterocycles. The van der Waals surface area contributed by atoms with E-state index in [1.807, 2.05) is 11.8 Å². The van der Waals surface area contributed by atoms with Crippen molar-refractivity contribution >= 4 is 16.9 Å². The predicted octanol–water partition coefficient (Wildman–Crippen LogP) is 4.81. The van der Waals surface area contributed by atoms with Gasteiger partial charge in [0.2, 0.25) is 0 Å². The molecular weight excluding hydrogens is 276 g/mol. The lowest BCUT2D eigenvalue weighted by atomic mass is 9.90. The summed E-state index contributed by atoms with van der Waals surface area (Å²) in [6.45, 7) is 13.2. The fraction of sp³-hybridized carbons (Fsp3) is 0.611. The second kappa shape index (κ2) is 6.87. The molecule has 1 unspecified atom stereocenters. The van der Waals surface area contributed by atoms with Crippen LogP contribution >= 0.6 is 11.8 Å². The number of nitrogens with zero attached hydrogens (tertiary/aromatic N) is 1. The number of rotatable bonds is 4. The third-order valence-electron chi connectivity index (χ3n) is 3.65. The Labute approximate surface area is 133 Å². The number of thioether (sulfide) groups is 1. The van der Waals surface area contributed by atoms with Gasteiger partial charge in [-0.3, -0.25) is 4.99 Å². The van der Waals surface area contributed by atoms with Gasteiger partial charge >= 0.3 is 0 Å². The summed E-state index contributed by atoms with van der Waals surface area (Å²) < 4.78 is 0. The molecule has 1 aliphatic rings. The van der Waals surface area contributed by atoms with Crippen molar-refractivity contribution in [2.75, 3.05) is 6.54 Å². The van der Waals surface area contributed by atoms with Crippen LogP contribution in [-0.4, -0.2) is 17.0 Å². The summed E-state index contributed by atoms with van der Waals surface area (Å²) in [5.74, 6) is 0.597. The molecule has 0 amide bonds. The van der Waals surface area contributed by atoms with Gasteiger partial charge in [0.05, 0.1) is 6.54 Å². The van der Waals surface area contributed by atoms with Crippen LogP contribution in [0.5, 0.6) is 0 Å². The normalized spacial score (nSPS) is 19.0. The SMILES string of the molecule is CC(C)c1ccc(CNC2=NCC(CC(C)(C)C)S2)cc1. The molecule has 1 aromatic carbocycles. The molecule has 0 spiro atoms. The lowest BCUT2D eigenvalue weighted by molar-refractivity contribution is 0.375. The van der Waals surface area contributed by atoms with Gasteiger partial charge in [0.25, 0.3) is 0 Å². The van der Waals surface area contributed by atoms with Crippen LogP contribution in [0.3, 0.4) is 0 Å². The third-order valence-corrected chi connectivity index (χ3v) is 4.79. The molecule has 0 saturated carbocycles. The molecule has 0 bridgehead atoms. The lowest BCUT2D eigenvalue weighted by Crippen LogP contribution is -2.20. The molecule has 116 valence electrons. The summed E-state index contributed by atoms with van der Waals surface area (Å²) in [4.78, 5) is 4.63. The number of amidine groups is 1. The zero-order valence-corrected chi connectivity index (χ0v) is 14.8. The van der Waals surface area contributed by atoms with E-state index in [9.17, 15) is 0 Å². The fourth-order valence-electron chi connectivity index (χ4n) is 2.50. The Kier molecular flexibility index (Phi) is 5.37. The van der Waals surface area contributed by atoms with E-state index in [-0.39, 0.29) is 0 Å². The standard InChI is InChI=1S/C18H28N2S/c1-13(2)15-8-6-14(7-9-15)11-19-17-20-12-16(21-17)10-18(3,4)5/h6-9,13,16H,10-12H2,1-5H3,(H,19,20). The first-order chi connectivity index (χ1) is 9.83. The van der Waals surface area contributed by atoms with E-state index in [4.69, 9.17) is 0 Å². The molecule has 0 saturated heterocycles. The average molecular weight is 305 g/mol. The highest BCUT2D eigenvalue weighted by Gasteiger charge is 2.24. The van der Waals surface area contributed by atoms with Crippen LogP contribution < -0.4 is 5.32 Å². The topological polar surface area (TPSA) is 24.4 Å². The number of nitrogens with one attached hydrogen (secondary N) is 1. The largest absolute Gasteiger partial charge is 0.361 e. The van der Waals surface area contributed by atoms with Crippen molar-refractivity contribution in [3.63, 3.8) is 0 Å². The maximum absolute atomic E-state index is 4.63. The molecule has 2 rings (SSSR count). The first-order valence-electron chi connectivity index (χ1n) is 7.87. The van der Waals surface area contributed by atoms with Crippen molar-refractivity contribution in [3.05, 3.63) is 35.4 Å². The number of hydrogen-bond donors (Lipinski definition) is 1. The molecule has 0 aliphatic carbocycles. The van der Waals surface area contributed by atoms with E-state index in [0.29, 0.717) is 16.6 Å². The monoisotopic (exact) mass is 304 g/mol. The maximum Gasteiger partial charge on any atom is 0.157 e. The van der Waals surface area contributed by atoms with E-state index in [1.54, 1.807) is 0 Å². The van der Waals surface area contributed by atoms with Gasteiger partial charge in [-0.2, -0.15) is 0 Å². The average Bonchev–Trinajstić information content (AvgIpc) is 2.82. The molecular formula is C18H28N2S. The quantitative estimate of drug-likeness (QED) is 0.863. The van der Waals surface area contributed by atoms with Gasteiger partial charge in [0, 0.05) is 11.8 Å². The van der Waals surface area contributed by atoms with Gasteiger partial charge in [-0.25, -0.2) is 0 Å². The minimum Gasteiger partial charge on any atom is -0.361 e. The highest BCUT2D eigenvalue weighted by atomic mass is 32.2. The van der Waals surface area contributed by atoms with Gasteiger partial charge < -0.3 is 5.32 Å². The van der Waals surface area contributed by atoms with Gasteiger partial charge in [0.1, 0.15) is 0 Å². The van der Waals surface area contributed by atoms with E-state index in [2.05, 4.69) is 69.2 Å². The molecule has 1 heterocycles. The summed E-state index contributed by atoms with van der Waals surface area (Å²) >= 11 is 1.90. The van der Waals surface area contributed by atoms with Gasteiger partial charge in [-0.05, 0) is 28.9 Å². The van der Waals surface area contributed by atoms with E-state index < -0.39 is 0 Å². The van der Waals surface area contributed by atoms with Crippen LogP contribution in [-0.2, 0) is 6.54 Å². The Morgan fingerprint density at radius 3 is 2.48 bits per heavy atom. The second-order valence-corrected chi connectivity index (χ2v) is 8.69. The maximum atomic E-state index is 4.63. The molecule has 1 aliphatic heterocycles. The summed E-state index contributed by atoms with van der Waals surface area (Å²) in [6.07, 6.45) is 1.22. The van der Waals surface area contributed by atoms with E-state index >= 15 is 0 Å². The zero-order chi connectivity index (χ0) is 15.5. The second-order valence-electron chi connectivity index (χ2n) is 7.40.